The maximum Gasteiger partial charge on any atom is 0.0707 e. The van der Waals surface area contributed by atoms with Crippen molar-refractivity contribution in [3.05, 3.63) is 24.0 Å². The Balaban J connectivity index is 2.68. The Morgan fingerprint density at radius 2 is 2.33 bits per heavy atom. The molecule has 1 heterocycles. The zero-order valence-electron chi connectivity index (χ0n) is 7.03. The molecule has 0 aromatic carbocycles. The molecule has 1 aromatic rings. The molecule has 0 bridgehead atoms. The minimum Gasteiger partial charge on any atom is -0.397 e. The molecule has 0 aliphatic rings. The molecule has 1 rings (SSSR count). The van der Waals surface area contributed by atoms with Gasteiger partial charge in [-0.25, -0.2) is 0 Å². The number of nitrogens with two attached hydrogens (primary N) is 2. The van der Waals surface area contributed by atoms with E-state index < -0.39 is 0 Å². The summed E-state index contributed by atoms with van der Waals surface area (Å²) in [5.74, 6) is 0. The zero-order valence-corrected chi connectivity index (χ0v) is 7.03. The quantitative estimate of drug-likeness (QED) is 0.679. The fourth-order valence-corrected chi connectivity index (χ4v) is 0.901. The lowest BCUT2D eigenvalue weighted by molar-refractivity contribution is 0.179. The molecule has 0 spiro atoms. The Morgan fingerprint density at radius 3 is 2.83 bits per heavy atom. The number of ether oxygens (including phenoxy) is 1. The van der Waals surface area contributed by atoms with E-state index in [0.717, 1.165) is 5.69 Å². The van der Waals surface area contributed by atoms with Gasteiger partial charge in [-0.05, 0) is 12.1 Å². The number of pyridine rings is 1. The molecule has 0 unspecified atom stereocenters. The molecule has 0 saturated heterocycles. The molecule has 0 aliphatic carbocycles. The first kappa shape index (κ1) is 8.96. The molecular weight excluding hydrogens is 154 g/mol. The highest BCUT2D eigenvalue weighted by molar-refractivity contribution is 5.35. The van der Waals surface area contributed by atoms with Crippen LogP contribution >= 0.6 is 0 Å². The summed E-state index contributed by atoms with van der Waals surface area (Å²) in [5.41, 5.74) is 12.6. The van der Waals surface area contributed by atoms with Gasteiger partial charge in [0.25, 0.3) is 0 Å². The van der Waals surface area contributed by atoms with E-state index in [0.29, 0.717) is 12.3 Å². The van der Waals surface area contributed by atoms with E-state index in [4.69, 9.17) is 16.2 Å². The maximum absolute atomic E-state index is 5.73. The SMILES string of the molecule is COC[C@@H](N)c1ccc(N)cn1. The second kappa shape index (κ2) is 4.04. The third kappa shape index (κ3) is 2.18. The van der Waals surface area contributed by atoms with Crippen LogP contribution < -0.4 is 11.5 Å². The highest BCUT2D eigenvalue weighted by atomic mass is 16.5. The van der Waals surface area contributed by atoms with Crippen LogP contribution in [0.4, 0.5) is 5.69 Å². The molecule has 12 heavy (non-hydrogen) atoms. The van der Waals surface area contributed by atoms with Crippen molar-refractivity contribution in [2.24, 2.45) is 5.73 Å². The molecule has 0 aliphatic heterocycles. The van der Waals surface area contributed by atoms with Gasteiger partial charge in [-0.3, -0.25) is 4.98 Å². The van der Waals surface area contributed by atoms with Gasteiger partial charge >= 0.3 is 0 Å². The summed E-state index contributed by atoms with van der Waals surface area (Å²) in [6, 6.07) is 3.41. The van der Waals surface area contributed by atoms with Gasteiger partial charge < -0.3 is 16.2 Å². The van der Waals surface area contributed by atoms with E-state index in [1.165, 1.54) is 0 Å². The average Bonchev–Trinajstić information content (AvgIpc) is 2.06. The van der Waals surface area contributed by atoms with Crippen molar-refractivity contribution >= 4 is 5.69 Å². The Hall–Kier alpha value is -1.13. The summed E-state index contributed by atoms with van der Waals surface area (Å²) in [4.78, 5) is 4.07. The summed E-state index contributed by atoms with van der Waals surface area (Å²) < 4.78 is 4.89. The van der Waals surface area contributed by atoms with Crippen molar-refractivity contribution in [3.63, 3.8) is 0 Å². The minimum atomic E-state index is -0.171. The van der Waals surface area contributed by atoms with Crippen LogP contribution in [0.15, 0.2) is 18.3 Å². The zero-order chi connectivity index (χ0) is 8.97. The maximum atomic E-state index is 5.73. The largest absolute Gasteiger partial charge is 0.397 e. The molecule has 4 N–H and O–H groups in total. The highest BCUT2D eigenvalue weighted by Crippen LogP contribution is 2.08. The molecule has 1 aromatic heterocycles. The summed E-state index contributed by atoms with van der Waals surface area (Å²) in [6.45, 7) is 0.469. The van der Waals surface area contributed by atoms with E-state index >= 15 is 0 Å². The van der Waals surface area contributed by atoms with Crippen LogP contribution in [0.5, 0.6) is 0 Å². The molecular formula is C8H13N3O. The van der Waals surface area contributed by atoms with Gasteiger partial charge in [-0.1, -0.05) is 0 Å². The summed E-state index contributed by atoms with van der Waals surface area (Å²) in [5, 5.41) is 0. The van der Waals surface area contributed by atoms with Crippen LogP contribution in [-0.2, 0) is 4.74 Å². The molecule has 4 nitrogen and oxygen atoms in total. The smallest absolute Gasteiger partial charge is 0.0707 e. The third-order valence-corrected chi connectivity index (χ3v) is 1.54. The van der Waals surface area contributed by atoms with Crippen molar-refractivity contribution in [1.29, 1.82) is 0 Å². The van der Waals surface area contributed by atoms with Crippen molar-refractivity contribution in [2.45, 2.75) is 6.04 Å². The first-order valence-electron chi connectivity index (χ1n) is 3.70. The number of aromatic nitrogens is 1. The average molecular weight is 167 g/mol. The first-order valence-corrected chi connectivity index (χ1v) is 3.70. The molecule has 66 valence electrons. The van der Waals surface area contributed by atoms with Crippen LogP contribution in [0.3, 0.4) is 0 Å². The Bertz CT molecular complexity index is 235. The molecule has 0 fully saturated rings. The minimum absolute atomic E-state index is 0.171. The van der Waals surface area contributed by atoms with Crippen molar-refractivity contribution in [3.8, 4) is 0 Å². The van der Waals surface area contributed by atoms with Gasteiger partial charge in [0.15, 0.2) is 0 Å². The first-order chi connectivity index (χ1) is 5.74. The van der Waals surface area contributed by atoms with E-state index in [1.807, 2.05) is 0 Å². The van der Waals surface area contributed by atoms with Gasteiger partial charge in [0.1, 0.15) is 0 Å². The monoisotopic (exact) mass is 167 g/mol. The van der Waals surface area contributed by atoms with Crippen molar-refractivity contribution in [1.82, 2.24) is 4.98 Å². The predicted octanol–water partition coefficient (Wildman–Crippen LogP) is 0.310. The summed E-state index contributed by atoms with van der Waals surface area (Å²) >= 11 is 0. The second-order valence-electron chi connectivity index (χ2n) is 2.58. The fraction of sp³-hybridized carbons (Fsp3) is 0.375. The summed E-state index contributed by atoms with van der Waals surface area (Å²) in [7, 11) is 1.61. The second-order valence-corrected chi connectivity index (χ2v) is 2.58. The topological polar surface area (TPSA) is 74.2 Å². The molecule has 1 atom stereocenters. The van der Waals surface area contributed by atoms with Gasteiger partial charge in [-0.15, -0.1) is 0 Å². The normalized spacial score (nSPS) is 12.8. The number of hydrogen-bond donors (Lipinski definition) is 2. The van der Waals surface area contributed by atoms with Gasteiger partial charge in [0.05, 0.1) is 30.2 Å². The number of rotatable bonds is 3. The van der Waals surface area contributed by atoms with Gasteiger partial charge in [-0.2, -0.15) is 0 Å². The fourth-order valence-electron chi connectivity index (χ4n) is 0.901. The van der Waals surface area contributed by atoms with Crippen LogP contribution in [0.25, 0.3) is 0 Å². The van der Waals surface area contributed by atoms with Crippen LogP contribution in [0.2, 0.25) is 0 Å². The number of nitrogen functional groups attached to an aromatic ring is 1. The Kier molecular flexibility index (Phi) is 3.01. The third-order valence-electron chi connectivity index (χ3n) is 1.54. The van der Waals surface area contributed by atoms with E-state index in [1.54, 1.807) is 25.4 Å². The molecule has 0 amide bonds. The lowest BCUT2D eigenvalue weighted by Crippen LogP contribution is -2.17. The van der Waals surface area contributed by atoms with Gasteiger partial charge in [0.2, 0.25) is 0 Å². The van der Waals surface area contributed by atoms with Crippen molar-refractivity contribution in [2.75, 3.05) is 19.5 Å². The Labute approximate surface area is 71.5 Å². The lowest BCUT2D eigenvalue weighted by atomic mass is 10.2. The number of nitrogens with zero attached hydrogens (tertiary/aromatic N) is 1. The lowest BCUT2D eigenvalue weighted by Gasteiger charge is -2.08. The van der Waals surface area contributed by atoms with Crippen molar-refractivity contribution < 1.29 is 4.74 Å². The predicted molar refractivity (Wildman–Crippen MR) is 47.5 cm³/mol. The van der Waals surface area contributed by atoms with E-state index in [9.17, 15) is 0 Å². The molecule has 0 radical (unpaired) electrons. The van der Waals surface area contributed by atoms with E-state index in [-0.39, 0.29) is 6.04 Å². The van der Waals surface area contributed by atoms with Gasteiger partial charge in [0, 0.05) is 7.11 Å². The number of hydrogen-bond acceptors (Lipinski definition) is 4. The van der Waals surface area contributed by atoms with Crippen LogP contribution in [0, 0.1) is 0 Å². The van der Waals surface area contributed by atoms with Crippen LogP contribution in [0.1, 0.15) is 11.7 Å². The van der Waals surface area contributed by atoms with E-state index in [2.05, 4.69) is 4.98 Å². The van der Waals surface area contributed by atoms with Crippen LogP contribution in [-0.4, -0.2) is 18.7 Å². The Morgan fingerprint density at radius 1 is 1.58 bits per heavy atom. The summed E-state index contributed by atoms with van der Waals surface area (Å²) in [6.07, 6.45) is 1.59. The standard InChI is InChI=1S/C8H13N3O/c1-12-5-7(10)8-3-2-6(9)4-11-8/h2-4,7H,5,9-10H2,1H3/t7-/m1/s1. The molecule has 0 saturated carbocycles. The highest BCUT2D eigenvalue weighted by Gasteiger charge is 2.05. The number of anilines is 1. The molecule has 4 heteroatoms. The number of methoxy groups -OCH3 is 1.